The largest absolute Gasteiger partial charge is 0.353 e. The van der Waals surface area contributed by atoms with Crippen molar-refractivity contribution in [3.8, 4) is 0 Å². The standard InChI is InChI=1S/C10H14N6O2/c17-8-2-1-6-5-16(4-3-7(6)11-8)10(18)9-12-14-15-13-9/h6-7H,1-5H2,(H,11,17)(H,12,13,14,15). The lowest BCUT2D eigenvalue weighted by Gasteiger charge is -2.40. The molecule has 1 aromatic heterocycles. The molecule has 1 aromatic rings. The lowest BCUT2D eigenvalue weighted by molar-refractivity contribution is -0.125. The number of amides is 2. The maximum Gasteiger partial charge on any atom is 0.295 e. The van der Waals surface area contributed by atoms with Crippen molar-refractivity contribution in [1.29, 1.82) is 0 Å². The highest BCUT2D eigenvalue weighted by atomic mass is 16.2. The Hall–Kier alpha value is -1.99. The topological polar surface area (TPSA) is 104 Å². The predicted octanol–water partition coefficient (Wildman–Crippen LogP) is -1.06. The van der Waals surface area contributed by atoms with Gasteiger partial charge in [-0.1, -0.05) is 0 Å². The normalized spacial score (nSPS) is 27.6. The molecular weight excluding hydrogens is 236 g/mol. The lowest BCUT2D eigenvalue weighted by atomic mass is 9.85. The zero-order valence-corrected chi connectivity index (χ0v) is 9.80. The van der Waals surface area contributed by atoms with E-state index in [2.05, 4.69) is 25.9 Å². The van der Waals surface area contributed by atoms with Crippen molar-refractivity contribution in [3.63, 3.8) is 0 Å². The lowest BCUT2D eigenvalue weighted by Crippen LogP contribution is -2.55. The molecule has 8 heteroatoms. The number of likely N-dealkylation sites (tertiary alicyclic amines) is 1. The molecule has 0 aromatic carbocycles. The quantitative estimate of drug-likeness (QED) is 0.661. The summed E-state index contributed by atoms with van der Waals surface area (Å²) in [5.41, 5.74) is 0. The Labute approximate surface area is 103 Å². The number of nitrogens with one attached hydrogen (secondary N) is 2. The third-order valence-electron chi connectivity index (χ3n) is 3.65. The van der Waals surface area contributed by atoms with Gasteiger partial charge in [0.05, 0.1) is 0 Å². The van der Waals surface area contributed by atoms with Crippen molar-refractivity contribution >= 4 is 11.8 Å². The number of aromatic nitrogens is 4. The van der Waals surface area contributed by atoms with E-state index in [1.165, 1.54) is 0 Å². The van der Waals surface area contributed by atoms with Gasteiger partial charge >= 0.3 is 0 Å². The highest BCUT2D eigenvalue weighted by molar-refractivity contribution is 5.90. The minimum Gasteiger partial charge on any atom is -0.353 e. The van der Waals surface area contributed by atoms with Crippen molar-refractivity contribution in [3.05, 3.63) is 5.82 Å². The summed E-state index contributed by atoms with van der Waals surface area (Å²) in [5.74, 6) is 0.369. The Morgan fingerprint density at radius 2 is 2.28 bits per heavy atom. The second-order valence-corrected chi connectivity index (χ2v) is 4.75. The fraction of sp³-hybridized carbons (Fsp3) is 0.700. The summed E-state index contributed by atoms with van der Waals surface area (Å²) >= 11 is 0. The number of piperidine rings is 2. The van der Waals surface area contributed by atoms with Crippen LogP contribution in [0.3, 0.4) is 0 Å². The first-order valence-corrected chi connectivity index (χ1v) is 6.06. The maximum atomic E-state index is 12.1. The molecule has 2 aliphatic heterocycles. The van der Waals surface area contributed by atoms with E-state index < -0.39 is 0 Å². The van der Waals surface area contributed by atoms with E-state index in [-0.39, 0.29) is 23.7 Å². The smallest absolute Gasteiger partial charge is 0.295 e. The van der Waals surface area contributed by atoms with Gasteiger partial charge in [0.15, 0.2) is 0 Å². The summed E-state index contributed by atoms with van der Waals surface area (Å²) in [6.07, 6.45) is 2.18. The number of carbonyl (C=O) groups excluding carboxylic acids is 2. The van der Waals surface area contributed by atoms with Gasteiger partial charge < -0.3 is 10.2 Å². The molecule has 0 aliphatic carbocycles. The summed E-state index contributed by atoms with van der Waals surface area (Å²) in [6, 6.07) is 0.209. The first kappa shape index (κ1) is 11.1. The molecule has 96 valence electrons. The van der Waals surface area contributed by atoms with Crippen LogP contribution in [0.25, 0.3) is 0 Å². The molecule has 0 saturated carbocycles. The highest BCUT2D eigenvalue weighted by Crippen LogP contribution is 2.25. The molecule has 0 spiro atoms. The molecular formula is C10H14N6O2. The van der Waals surface area contributed by atoms with Gasteiger partial charge in [0.2, 0.25) is 5.91 Å². The van der Waals surface area contributed by atoms with Crippen LogP contribution in [-0.2, 0) is 4.79 Å². The van der Waals surface area contributed by atoms with Gasteiger partial charge in [-0.2, -0.15) is 5.21 Å². The van der Waals surface area contributed by atoms with Crippen LogP contribution in [0.5, 0.6) is 0 Å². The average molecular weight is 250 g/mol. The van der Waals surface area contributed by atoms with Crippen molar-refractivity contribution in [2.24, 2.45) is 5.92 Å². The zero-order valence-electron chi connectivity index (χ0n) is 9.80. The molecule has 2 fully saturated rings. The van der Waals surface area contributed by atoms with Crippen LogP contribution in [0.2, 0.25) is 0 Å². The number of hydrogen-bond acceptors (Lipinski definition) is 5. The fourth-order valence-corrected chi connectivity index (χ4v) is 2.69. The first-order chi connectivity index (χ1) is 8.74. The Kier molecular flexibility index (Phi) is 2.69. The van der Waals surface area contributed by atoms with Crippen molar-refractivity contribution in [1.82, 2.24) is 30.8 Å². The highest BCUT2D eigenvalue weighted by Gasteiger charge is 2.36. The van der Waals surface area contributed by atoms with E-state index in [1.807, 2.05) is 0 Å². The third kappa shape index (κ3) is 1.93. The van der Waals surface area contributed by atoms with Crippen LogP contribution in [0.15, 0.2) is 0 Å². The average Bonchev–Trinajstić information content (AvgIpc) is 2.91. The number of tetrazole rings is 1. The van der Waals surface area contributed by atoms with E-state index >= 15 is 0 Å². The fourth-order valence-electron chi connectivity index (χ4n) is 2.69. The SMILES string of the molecule is O=C1CCC2CN(C(=O)c3nn[nH]n3)CCC2N1. The Balaban J connectivity index is 1.67. The number of hydrogen-bond donors (Lipinski definition) is 2. The van der Waals surface area contributed by atoms with E-state index in [0.29, 0.717) is 25.4 Å². The van der Waals surface area contributed by atoms with E-state index in [0.717, 1.165) is 12.8 Å². The van der Waals surface area contributed by atoms with Crippen LogP contribution in [0.4, 0.5) is 0 Å². The molecule has 3 heterocycles. The molecule has 8 nitrogen and oxygen atoms in total. The number of H-pyrrole nitrogens is 1. The van der Waals surface area contributed by atoms with Crippen LogP contribution in [0, 0.1) is 5.92 Å². The zero-order chi connectivity index (χ0) is 12.5. The van der Waals surface area contributed by atoms with Gasteiger partial charge in [0.1, 0.15) is 0 Å². The monoisotopic (exact) mass is 250 g/mol. The van der Waals surface area contributed by atoms with Gasteiger partial charge in [-0.3, -0.25) is 9.59 Å². The summed E-state index contributed by atoms with van der Waals surface area (Å²) < 4.78 is 0. The Morgan fingerprint density at radius 3 is 3.06 bits per heavy atom. The van der Waals surface area contributed by atoms with E-state index in [9.17, 15) is 9.59 Å². The van der Waals surface area contributed by atoms with E-state index in [1.54, 1.807) is 4.90 Å². The Morgan fingerprint density at radius 1 is 1.39 bits per heavy atom. The van der Waals surface area contributed by atoms with Crippen LogP contribution in [-0.4, -0.2) is 56.5 Å². The number of aromatic amines is 1. The van der Waals surface area contributed by atoms with Crippen LogP contribution in [0.1, 0.15) is 29.9 Å². The minimum atomic E-state index is -0.195. The van der Waals surface area contributed by atoms with Crippen molar-refractivity contribution in [2.75, 3.05) is 13.1 Å². The molecule has 18 heavy (non-hydrogen) atoms. The summed E-state index contributed by atoms with van der Waals surface area (Å²) in [5, 5.41) is 16.1. The summed E-state index contributed by atoms with van der Waals surface area (Å²) in [7, 11) is 0. The number of fused-ring (bicyclic) bond motifs is 1. The first-order valence-electron chi connectivity index (χ1n) is 6.06. The van der Waals surface area contributed by atoms with Gasteiger partial charge in [-0.05, 0) is 24.0 Å². The molecule has 2 atom stereocenters. The molecule has 2 amide bonds. The maximum absolute atomic E-state index is 12.1. The number of rotatable bonds is 1. The Bertz CT molecular complexity index is 459. The van der Waals surface area contributed by atoms with Crippen LogP contribution < -0.4 is 5.32 Å². The summed E-state index contributed by atoms with van der Waals surface area (Å²) in [4.78, 5) is 25.1. The third-order valence-corrected chi connectivity index (χ3v) is 3.65. The van der Waals surface area contributed by atoms with Gasteiger partial charge in [-0.25, -0.2) is 0 Å². The van der Waals surface area contributed by atoms with Gasteiger partial charge in [-0.15, -0.1) is 10.2 Å². The van der Waals surface area contributed by atoms with Gasteiger partial charge in [0, 0.05) is 25.6 Å². The van der Waals surface area contributed by atoms with Crippen molar-refractivity contribution < 1.29 is 9.59 Å². The summed E-state index contributed by atoms with van der Waals surface area (Å²) in [6.45, 7) is 1.27. The molecule has 2 N–H and O–H groups in total. The van der Waals surface area contributed by atoms with Crippen molar-refractivity contribution in [2.45, 2.75) is 25.3 Å². The van der Waals surface area contributed by atoms with Gasteiger partial charge in [0.25, 0.3) is 11.7 Å². The molecule has 0 bridgehead atoms. The predicted molar refractivity (Wildman–Crippen MR) is 59.4 cm³/mol. The minimum absolute atomic E-state index is 0.105. The molecule has 2 unspecified atom stereocenters. The molecule has 3 rings (SSSR count). The number of nitrogens with zero attached hydrogens (tertiary/aromatic N) is 4. The van der Waals surface area contributed by atoms with E-state index in [4.69, 9.17) is 0 Å². The second kappa shape index (κ2) is 4.35. The number of carbonyl (C=O) groups is 2. The molecule has 2 aliphatic rings. The second-order valence-electron chi connectivity index (χ2n) is 4.75. The molecule has 2 saturated heterocycles. The molecule has 0 radical (unpaired) electrons. The van der Waals surface area contributed by atoms with Crippen LogP contribution >= 0.6 is 0 Å².